The smallest absolute Gasteiger partial charge is 0.269 e. The van der Waals surface area contributed by atoms with Gasteiger partial charge in [-0.15, -0.1) is 0 Å². The predicted molar refractivity (Wildman–Crippen MR) is 89.0 cm³/mol. The molecule has 0 heterocycles. The number of carbonyl (C=O) groups excluding carboxylic acids is 1. The van der Waals surface area contributed by atoms with Crippen LogP contribution in [-0.4, -0.2) is 10.7 Å². The van der Waals surface area contributed by atoms with Crippen LogP contribution in [0, 0.1) is 10.1 Å². The number of benzene rings is 1. The molecule has 0 aliphatic rings. The highest BCUT2D eigenvalue weighted by atomic mass is 16.6. The second-order valence-electron chi connectivity index (χ2n) is 5.87. The van der Waals surface area contributed by atoms with E-state index in [1.54, 1.807) is 12.1 Å². The molecule has 0 saturated carbocycles. The van der Waals surface area contributed by atoms with Gasteiger partial charge in [-0.3, -0.25) is 14.9 Å². The van der Waals surface area contributed by atoms with Gasteiger partial charge in [-0.05, 0) is 12.0 Å². The zero-order valence-corrected chi connectivity index (χ0v) is 13.6. The van der Waals surface area contributed by atoms with Crippen molar-refractivity contribution in [2.24, 2.45) is 0 Å². The SMILES string of the molecule is CCCCCCCCCCC(=O)Cc1cccc([N+](=O)[O-])c1. The summed E-state index contributed by atoms with van der Waals surface area (Å²) >= 11 is 0. The summed E-state index contributed by atoms with van der Waals surface area (Å²) in [6, 6.07) is 6.35. The monoisotopic (exact) mass is 305 g/mol. The fraction of sp³-hybridized carbons (Fsp3) is 0.611. The number of non-ortho nitro benzene ring substituents is 1. The van der Waals surface area contributed by atoms with Gasteiger partial charge in [-0.2, -0.15) is 0 Å². The third kappa shape index (κ3) is 7.91. The van der Waals surface area contributed by atoms with Crippen molar-refractivity contribution in [2.75, 3.05) is 0 Å². The van der Waals surface area contributed by atoms with Crippen LogP contribution >= 0.6 is 0 Å². The Labute approximate surface area is 133 Å². The van der Waals surface area contributed by atoms with E-state index in [0.29, 0.717) is 12.8 Å². The van der Waals surface area contributed by atoms with Gasteiger partial charge in [0.15, 0.2) is 0 Å². The molecule has 22 heavy (non-hydrogen) atoms. The largest absolute Gasteiger partial charge is 0.299 e. The molecular formula is C18H27NO3. The molecule has 1 aromatic rings. The Morgan fingerprint density at radius 3 is 2.32 bits per heavy atom. The number of nitro benzene ring substituents is 1. The van der Waals surface area contributed by atoms with E-state index in [-0.39, 0.29) is 11.5 Å². The Morgan fingerprint density at radius 2 is 1.68 bits per heavy atom. The quantitative estimate of drug-likeness (QED) is 0.301. The molecule has 4 heteroatoms. The van der Waals surface area contributed by atoms with Crippen LogP contribution in [0.2, 0.25) is 0 Å². The van der Waals surface area contributed by atoms with Gasteiger partial charge in [0.05, 0.1) is 4.92 Å². The minimum atomic E-state index is -0.424. The lowest BCUT2D eigenvalue weighted by Crippen LogP contribution is -2.03. The molecule has 0 unspecified atom stereocenters. The Kier molecular flexibility index (Phi) is 9.12. The summed E-state index contributed by atoms with van der Waals surface area (Å²) in [6.45, 7) is 2.22. The maximum Gasteiger partial charge on any atom is 0.269 e. The first-order valence-corrected chi connectivity index (χ1v) is 8.38. The van der Waals surface area contributed by atoms with Crippen molar-refractivity contribution in [3.05, 3.63) is 39.9 Å². The summed E-state index contributed by atoms with van der Waals surface area (Å²) < 4.78 is 0. The highest BCUT2D eigenvalue weighted by molar-refractivity contribution is 5.80. The topological polar surface area (TPSA) is 60.2 Å². The minimum Gasteiger partial charge on any atom is -0.299 e. The fourth-order valence-electron chi connectivity index (χ4n) is 2.55. The Bertz CT molecular complexity index is 471. The van der Waals surface area contributed by atoms with E-state index in [9.17, 15) is 14.9 Å². The molecule has 0 bridgehead atoms. The van der Waals surface area contributed by atoms with Crippen molar-refractivity contribution in [1.29, 1.82) is 0 Å². The molecule has 0 amide bonds. The number of unbranched alkanes of at least 4 members (excludes halogenated alkanes) is 7. The highest BCUT2D eigenvalue weighted by Crippen LogP contribution is 2.15. The highest BCUT2D eigenvalue weighted by Gasteiger charge is 2.08. The van der Waals surface area contributed by atoms with E-state index in [1.165, 1.54) is 50.7 Å². The van der Waals surface area contributed by atoms with Gasteiger partial charge in [0.1, 0.15) is 5.78 Å². The molecule has 0 spiro atoms. The average Bonchev–Trinajstić information content (AvgIpc) is 2.50. The first-order valence-electron chi connectivity index (χ1n) is 8.38. The number of carbonyl (C=O) groups is 1. The van der Waals surface area contributed by atoms with Crippen molar-refractivity contribution < 1.29 is 9.72 Å². The molecule has 0 saturated heterocycles. The minimum absolute atomic E-state index is 0.0531. The summed E-state index contributed by atoms with van der Waals surface area (Å²) in [5.41, 5.74) is 0.788. The second-order valence-corrected chi connectivity index (χ2v) is 5.87. The maximum absolute atomic E-state index is 11.9. The number of Topliss-reactive ketones (excluding diaryl/α,β-unsaturated/α-hetero) is 1. The molecule has 1 aromatic carbocycles. The Balaban J connectivity index is 2.16. The lowest BCUT2D eigenvalue weighted by molar-refractivity contribution is -0.384. The number of nitrogens with zero attached hydrogens (tertiary/aromatic N) is 1. The van der Waals surface area contributed by atoms with Crippen molar-refractivity contribution in [3.8, 4) is 0 Å². The van der Waals surface area contributed by atoms with E-state index in [2.05, 4.69) is 6.92 Å². The molecular weight excluding hydrogens is 278 g/mol. The predicted octanol–water partition coefficient (Wildman–Crippen LogP) is 5.24. The van der Waals surface area contributed by atoms with Gasteiger partial charge in [-0.25, -0.2) is 0 Å². The van der Waals surface area contributed by atoms with Crippen LogP contribution in [0.5, 0.6) is 0 Å². The van der Waals surface area contributed by atoms with Crippen molar-refractivity contribution in [2.45, 2.75) is 71.1 Å². The van der Waals surface area contributed by atoms with Crippen molar-refractivity contribution in [1.82, 2.24) is 0 Å². The third-order valence-electron chi connectivity index (χ3n) is 3.83. The standard InChI is InChI=1S/C18H27NO3/c1-2-3-4-5-6-7-8-9-13-18(20)15-16-11-10-12-17(14-16)19(21)22/h10-12,14H,2-9,13,15H2,1H3. The van der Waals surface area contributed by atoms with Gasteiger partial charge < -0.3 is 0 Å². The Morgan fingerprint density at radius 1 is 1.05 bits per heavy atom. The lowest BCUT2D eigenvalue weighted by atomic mass is 10.0. The lowest BCUT2D eigenvalue weighted by Gasteiger charge is -2.03. The van der Waals surface area contributed by atoms with Crippen LogP contribution < -0.4 is 0 Å². The number of nitro groups is 1. The zero-order chi connectivity index (χ0) is 16.2. The van der Waals surface area contributed by atoms with E-state index in [0.717, 1.165) is 18.4 Å². The van der Waals surface area contributed by atoms with E-state index in [1.807, 2.05) is 0 Å². The molecule has 0 fully saturated rings. The van der Waals surface area contributed by atoms with Crippen LogP contribution in [-0.2, 0) is 11.2 Å². The normalized spacial score (nSPS) is 10.6. The molecule has 0 aliphatic heterocycles. The third-order valence-corrected chi connectivity index (χ3v) is 3.83. The molecule has 122 valence electrons. The summed E-state index contributed by atoms with van der Waals surface area (Å²) in [5, 5.41) is 10.7. The number of rotatable bonds is 12. The van der Waals surface area contributed by atoms with Crippen molar-refractivity contribution in [3.63, 3.8) is 0 Å². The van der Waals surface area contributed by atoms with Gasteiger partial charge >= 0.3 is 0 Å². The van der Waals surface area contributed by atoms with Crippen LogP contribution in [0.1, 0.15) is 70.3 Å². The number of ketones is 1. The second kappa shape index (κ2) is 10.9. The summed E-state index contributed by atoms with van der Waals surface area (Å²) in [7, 11) is 0. The van der Waals surface area contributed by atoms with Crippen LogP contribution in [0.4, 0.5) is 5.69 Å². The molecule has 4 nitrogen and oxygen atoms in total. The number of hydrogen-bond donors (Lipinski definition) is 0. The fourth-order valence-corrected chi connectivity index (χ4v) is 2.55. The molecule has 0 aromatic heterocycles. The zero-order valence-electron chi connectivity index (χ0n) is 13.6. The van der Waals surface area contributed by atoms with Gasteiger partial charge in [0.25, 0.3) is 5.69 Å². The summed E-state index contributed by atoms with van der Waals surface area (Å²) in [6.07, 6.45) is 10.6. The summed E-state index contributed by atoms with van der Waals surface area (Å²) in [5.74, 6) is 0.173. The van der Waals surface area contributed by atoms with Crippen LogP contribution in [0.15, 0.2) is 24.3 Å². The Hall–Kier alpha value is -1.71. The first kappa shape index (κ1) is 18.3. The van der Waals surface area contributed by atoms with E-state index in [4.69, 9.17) is 0 Å². The van der Waals surface area contributed by atoms with Gasteiger partial charge in [0, 0.05) is 25.0 Å². The molecule has 0 atom stereocenters. The summed E-state index contributed by atoms with van der Waals surface area (Å²) in [4.78, 5) is 22.2. The van der Waals surface area contributed by atoms with Gasteiger partial charge in [0.2, 0.25) is 0 Å². The molecule has 0 aliphatic carbocycles. The molecule has 0 N–H and O–H groups in total. The molecule has 1 rings (SSSR count). The van der Waals surface area contributed by atoms with E-state index < -0.39 is 4.92 Å². The van der Waals surface area contributed by atoms with Crippen LogP contribution in [0.3, 0.4) is 0 Å². The van der Waals surface area contributed by atoms with Crippen molar-refractivity contribution >= 4 is 11.5 Å². The average molecular weight is 305 g/mol. The van der Waals surface area contributed by atoms with E-state index >= 15 is 0 Å². The first-order chi connectivity index (χ1) is 10.6. The van der Waals surface area contributed by atoms with Gasteiger partial charge in [-0.1, -0.05) is 64.0 Å². The maximum atomic E-state index is 11.9. The number of hydrogen-bond acceptors (Lipinski definition) is 3. The molecule has 0 radical (unpaired) electrons. The van der Waals surface area contributed by atoms with Crippen LogP contribution in [0.25, 0.3) is 0 Å².